The molecule has 170 valence electrons. The van der Waals surface area contributed by atoms with Crippen LogP contribution in [0.4, 0.5) is 0 Å². The van der Waals surface area contributed by atoms with Crippen LogP contribution in [-0.2, 0) is 19.6 Å². The van der Waals surface area contributed by atoms with Gasteiger partial charge in [0, 0.05) is 44.5 Å². The number of guanidine groups is 1. The zero-order valence-corrected chi connectivity index (χ0v) is 21.0. The lowest BCUT2D eigenvalue weighted by molar-refractivity contribution is 0.245. The highest BCUT2D eigenvalue weighted by Crippen LogP contribution is 2.19. The molecule has 0 radical (unpaired) electrons. The molecule has 4 rings (SSSR count). The monoisotopic (exact) mass is 544 g/mol. The second-order valence-electron chi connectivity index (χ2n) is 8.09. The van der Waals surface area contributed by atoms with Crippen LogP contribution in [0.2, 0.25) is 0 Å². The Morgan fingerprint density at radius 2 is 1.66 bits per heavy atom. The molecule has 2 aromatic carbocycles. The van der Waals surface area contributed by atoms with E-state index in [9.17, 15) is 0 Å². The molecule has 32 heavy (non-hydrogen) atoms. The van der Waals surface area contributed by atoms with E-state index in [1.165, 1.54) is 24.0 Å². The Labute approximate surface area is 208 Å². The normalized spacial score (nSPS) is 16.5. The van der Waals surface area contributed by atoms with Crippen LogP contribution >= 0.6 is 24.0 Å². The first-order valence-electron chi connectivity index (χ1n) is 11.1. The van der Waals surface area contributed by atoms with E-state index in [-0.39, 0.29) is 24.0 Å². The standard InChI is InChI=1S/C25H32N6.HI/c1-26-25(27-15-23-16-29-31(20-23)19-22-11-6-3-7-12-22)28-17-24-13-8-14-30(24)18-21-9-4-2-5-10-21;/h2-7,9-12,16,20,24H,8,13-15,17-19H2,1H3,(H2,26,27,28);1H. The van der Waals surface area contributed by atoms with Crippen LogP contribution in [0.25, 0.3) is 0 Å². The molecule has 0 saturated carbocycles. The molecule has 1 unspecified atom stereocenters. The number of nitrogens with one attached hydrogen (secondary N) is 2. The largest absolute Gasteiger partial charge is 0.355 e. The first kappa shape index (κ1) is 24.3. The summed E-state index contributed by atoms with van der Waals surface area (Å²) in [5.74, 6) is 0.836. The lowest BCUT2D eigenvalue weighted by atomic mass is 10.2. The van der Waals surface area contributed by atoms with Gasteiger partial charge in [-0.1, -0.05) is 60.7 Å². The fourth-order valence-corrected chi connectivity index (χ4v) is 4.13. The Bertz CT molecular complexity index is 957. The van der Waals surface area contributed by atoms with E-state index >= 15 is 0 Å². The third-order valence-electron chi connectivity index (χ3n) is 5.79. The molecule has 1 saturated heterocycles. The van der Waals surface area contributed by atoms with Crippen molar-refractivity contribution in [1.29, 1.82) is 0 Å². The lowest BCUT2D eigenvalue weighted by Crippen LogP contribution is -2.44. The van der Waals surface area contributed by atoms with E-state index < -0.39 is 0 Å². The summed E-state index contributed by atoms with van der Waals surface area (Å²) >= 11 is 0. The zero-order chi connectivity index (χ0) is 21.3. The average molecular weight is 544 g/mol. The van der Waals surface area contributed by atoms with Gasteiger partial charge in [0.2, 0.25) is 0 Å². The fourth-order valence-electron chi connectivity index (χ4n) is 4.13. The minimum Gasteiger partial charge on any atom is -0.355 e. The second kappa shape index (κ2) is 12.6. The maximum atomic E-state index is 4.48. The van der Waals surface area contributed by atoms with Crippen molar-refractivity contribution in [2.45, 2.75) is 38.5 Å². The van der Waals surface area contributed by atoms with Crippen molar-refractivity contribution in [3.63, 3.8) is 0 Å². The Morgan fingerprint density at radius 3 is 2.34 bits per heavy atom. The quantitative estimate of drug-likeness (QED) is 0.257. The molecule has 1 aliphatic heterocycles. The van der Waals surface area contributed by atoms with Crippen LogP contribution in [0.15, 0.2) is 78.0 Å². The summed E-state index contributed by atoms with van der Waals surface area (Å²) in [7, 11) is 1.82. The summed E-state index contributed by atoms with van der Waals surface area (Å²) in [5, 5.41) is 11.4. The first-order chi connectivity index (χ1) is 15.3. The Morgan fingerprint density at radius 1 is 0.969 bits per heavy atom. The van der Waals surface area contributed by atoms with E-state index in [1.807, 2.05) is 24.0 Å². The number of likely N-dealkylation sites (tertiary alicyclic amines) is 1. The molecule has 6 nitrogen and oxygen atoms in total. The minimum absolute atomic E-state index is 0. The highest BCUT2D eigenvalue weighted by Gasteiger charge is 2.24. The number of rotatable bonds is 8. The Hall–Kier alpha value is -2.39. The first-order valence-corrected chi connectivity index (χ1v) is 11.1. The van der Waals surface area contributed by atoms with Crippen molar-refractivity contribution in [3.8, 4) is 0 Å². The van der Waals surface area contributed by atoms with Crippen molar-refractivity contribution in [3.05, 3.63) is 89.7 Å². The van der Waals surface area contributed by atoms with Crippen molar-refractivity contribution in [1.82, 2.24) is 25.3 Å². The van der Waals surface area contributed by atoms with Gasteiger partial charge in [-0.2, -0.15) is 5.10 Å². The van der Waals surface area contributed by atoms with Gasteiger partial charge in [-0.3, -0.25) is 14.6 Å². The summed E-state index contributed by atoms with van der Waals surface area (Å²) in [6, 6.07) is 21.7. The molecule has 1 aromatic heterocycles. The molecule has 1 aliphatic rings. The number of nitrogens with zero attached hydrogens (tertiary/aromatic N) is 4. The van der Waals surface area contributed by atoms with Crippen molar-refractivity contribution >= 4 is 29.9 Å². The Balaban J connectivity index is 0.00000289. The van der Waals surface area contributed by atoms with Gasteiger partial charge in [0.1, 0.15) is 0 Å². The van der Waals surface area contributed by atoms with E-state index in [0.717, 1.165) is 37.7 Å². The molecule has 0 aliphatic carbocycles. The van der Waals surface area contributed by atoms with Crippen LogP contribution in [0.3, 0.4) is 0 Å². The molecular formula is C25H33IN6. The third kappa shape index (κ3) is 7.06. The van der Waals surface area contributed by atoms with Gasteiger partial charge in [-0.15, -0.1) is 24.0 Å². The van der Waals surface area contributed by atoms with Crippen LogP contribution in [-0.4, -0.2) is 46.8 Å². The lowest BCUT2D eigenvalue weighted by Gasteiger charge is -2.25. The highest BCUT2D eigenvalue weighted by atomic mass is 127. The number of halogens is 1. The van der Waals surface area contributed by atoms with E-state index in [1.54, 1.807) is 0 Å². The van der Waals surface area contributed by atoms with Crippen molar-refractivity contribution < 1.29 is 0 Å². The summed E-state index contributed by atoms with van der Waals surface area (Å²) in [6.07, 6.45) is 6.49. The van der Waals surface area contributed by atoms with E-state index in [4.69, 9.17) is 0 Å². The summed E-state index contributed by atoms with van der Waals surface area (Å²) in [4.78, 5) is 6.97. The highest BCUT2D eigenvalue weighted by molar-refractivity contribution is 14.0. The number of aromatic nitrogens is 2. The third-order valence-corrected chi connectivity index (χ3v) is 5.79. The number of hydrogen-bond donors (Lipinski definition) is 2. The SMILES string of the molecule is CN=C(NCc1cnn(Cc2ccccc2)c1)NCC1CCCN1Cc1ccccc1.I. The number of aliphatic imine (C=N–C) groups is 1. The van der Waals surface area contributed by atoms with Gasteiger partial charge in [0.25, 0.3) is 0 Å². The van der Waals surface area contributed by atoms with Crippen LogP contribution in [0.5, 0.6) is 0 Å². The maximum absolute atomic E-state index is 4.48. The minimum atomic E-state index is 0. The molecule has 0 bridgehead atoms. The zero-order valence-electron chi connectivity index (χ0n) is 18.7. The van der Waals surface area contributed by atoms with E-state index in [0.29, 0.717) is 12.6 Å². The van der Waals surface area contributed by atoms with Crippen LogP contribution < -0.4 is 10.6 Å². The predicted molar refractivity (Wildman–Crippen MR) is 141 cm³/mol. The van der Waals surface area contributed by atoms with Gasteiger partial charge in [-0.25, -0.2) is 0 Å². The smallest absolute Gasteiger partial charge is 0.191 e. The molecule has 3 aromatic rings. The molecule has 7 heteroatoms. The fraction of sp³-hybridized carbons (Fsp3) is 0.360. The van der Waals surface area contributed by atoms with Gasteiger partial charge >= 0.3 is 0 Å². The summed E-state index contributed by atoms with van der Waals surface area (Å²) in [6.45, 7) is 4.56. The Kier molecular flexibility index (Phi) is 9.55. The number of benzene rings is 2. The van der Waals surface area contributed by atoms with Crippen molar-refractivity contribution in [2.24, 2.45) is 4.99 Å². The number of hydrogen-bond acceptors (Lipinski definition) is 3. The van der Waals surface area contributed by atoms with Gasteiger partial charge in [0.05, 0.1) is 12.7 Å². The van der Waals surface area contributed by atoms with Gasteiger partial charge in [-0.05, 0) is 30.5 Å². The molecule has 2 heterocycles. The second-order valence-corrected chi connectivity index (χ2v) is 8.09. The predicted octanol–water partition coefficient (Wildman–Crippen LogP) is 3.88. The molecule has 1 atom stereocenters. The van der Waals surface area contributed by atoms with Crippen LogP contribution in [0.1, 0.15) is 29.5 Å². The summed E-state index contributed by atoms with van der Waals surface area (Å²) in [5.41, 5.74) is 3.77. The topological polar surface area (TPSA) is 57.5 Å². The molecular weight excluding hydrogens is 511 g/mol. The maximum Gasteiger partial charge on any atom is 0.191 e. The van der Waals surface area contributed by atoms with E-state index in [2.05, 4.69) is 86.4 Å². The molecule has 2 N–H and O–H groups in total. The van der Waals surface area contributed by atoms with Crippen molar-refractivity contribution in [2.75, 3.05) is 20.1 Å². The molecule has 0 spiro atoms. The van der Waals surface area contributed by atoms with Crippen LogP contribution in [0, 0.1) is 0 Å². The summed E-state index contributed by atoms with van der Waals surface area (Å²) < 4.78 is 1.97. The van der Waals surface area contributed by atoms with Gasteiger partial charge in [0.15, 0.2) is 5.96 Å². The average Bonchev–Trinajstić information content (AvgIpc) is 3.44. The molecule has 1 fully saturated rings. The molecule has 0 amide bonds. The van der Waals surface area contributed by atoms with Gasteiger partial charge < -0.3 is 10.6 Å².